The SMILES string of the molecule is COc1ccc(N2C(=O)CC(=O)O[C@@]2(C(=O)O[C@@H]2C[C@H](C)CC[C@H]2C(C)C)c2ccccc2)cc1. The summed E-state index contributed by atoms with van der Waals surface area (Å²) in [6.07, 6.45) is 1.95. The smallest absolute Gasteiger partial charge is 0.378 e. The predicted octanol–water partition coefficient (Wildman–Crippen LogP) is 4.83. The van der Waals surface area contributed by atoms with E-state index in [0.717, 1.165) is 19.3 Å². The van der Waals surface area contributed by atoms with E-state index in [2.05, 4.69) is 20.8 Å². The molecule has 1 saturated carbocycles. The molecule has 0 radical (unpaired) electrons. The molecule has 1 saturated heterocycles. The van der Waals surface area contributed by atoms with E-state index in [1.54, 1.807) is 61.7 Å². The van der Waals surface area contributed by atoms with E-state index in [1.807, 2.05) is 0 Å². The lowest BCUT2D eigenvalue weighted by atomic mass is 9.75. The Morgan fingerprint density at radius 1 is 1.06 bits per heavy atom. The maximum atomic E-state index is 14.1. The first-order valence-corrected chi connectivity index (χ1v) is 12.2. The van der Waals surface area contributed by atoms with E-state index in [0.29, 0.717) is 28.8 Å². The van der Waals surface area contributed by atoms with Crippen LogP contribution in [-0.2, 0) is 29.6 Å². The van der Waals surface area contributed by atoms with Crippen LogP contribution in [0, 0.1) is 17.8 Å². The van der Waals surface area contributed by atoms with Gasteiger partial charge in [0, 0.05) is 11.3 Å². The minimum Gasteiger partial charge on any atom is -0.497 e. The van der Waals surface area contributed by atoms with E-state index >= 15 is 0 Å². The van der Waals surface area contributed by atoms with Crippen molar-refractivity contribution in [1.29, 1.82) is 0 Å². The number of hydrogen-bond acceptors (Lipinski definition) is 6. The van der Waals surface area contributed by atoms with Gasteiger partial charge in [-0.3, -0.25) is 14.5 Å². The van der Waals surface area contributed by atoms with Crippen LogP contribution in [-0.4, -0.2) is 31.1 Å². The summed E-state index contributed by atoms with van der Waals surface area (Å²) in [5.41, 5.74) is -1.31. The number of methoxy groups -OCH3 is 1. The lowest BCUT2D eigenvalue weighted by Gasteiger charge is -2.45. The van der Waals surface area contributed by atoms with Crippen molar-refractivity contribution >= 4 is 23.5 Å². The Morgan fingerprint density at radius 2 is 1.74 bits per heavy atom. The third-order valence-corrected chi connectivity index (χ3v) is 7.11. The highest BCUT2D eigenvalue weighted by Crippen LogP contribution is 2.42. The Morgan fingerprint density at radius 3 is 2.37 bits per heavy atom. The third-order valence-electron chi connectivity index (χ3n) is 7.11. The number of nitrogens with zero attached hydrogens (tertiary/aromatic N) is 1. The lowest BCUT2D eigenvalue weighted by Crippen LogP contribution is -2.62. The molecule has 2 aliphatic rings. The van der Waals surface area contributed by atoms with Crippen molar-refractivity contribution in [1.82, 2.24) is 0 Å². The van der Waals surface area contributed by atoms with Crippen LogP contribution in [0.2, 0.25) is 0 Å². The summed E-state index contributed by atoms with van der Waals surface area (Å²) in [5, 5.41) is 0. The monoisotopic (exact) mass is 479 g/mol. The van der Waals surface area contributed by atoms with Gasteiger partial charge in [0.05, 0.1) is 7.11 Å². The molecule has 7 heteroatoms. The van der Waals surface area contributed by atoms with E-state index in [4.69, 9.17) is 14.2 Å². The largest absolute Gasteiger partial charge is 0.497 e. The molecule has 0 N–H and O–H groups in total. The molecule has 1 aliphatic heterocycles. The summed E-state index contributed by atoms with van der Waals surface area (Å²) >= 11 is 0. The Hall–Kier alpha value is -3.35. The molecule has 0 bridgehead atoms. The number of benzene rings is 2. The number of ether oxygens (including phenoxy) is 3. The van der Waals surface area contributed by atoms with Crippen molar-refractivity contribution < 1.29 is 28.6 Å². The second kappa shape index (κ2) is 10.1. The van der Waals surface area contributed by atoms with Crippen molar-refractivity contribution in [3.63, 3.8) is 0 Å². The van der Waals surface area contributed by atoms with Crippen LogP contribution in [0.1, 0.15) is 52.0 Å². The fourth-order valence-corrected chi connectivity index (χ4v) is 5.25. The Kier molecular flexibility index (Phi) is 7.15. The van der Waals surface area contributed by atoms with E-state index in [9.17, 15) is 14.4 Å². The Labute approximate surface area is 206 Å². The van der Waals surface area contributed by atoms with Gasteiger partial charge in [0.25, 0.3) is 0 Å². The van der Waals surface area contributed by atoms with E-state index in [-0.39, 0.29) is 12.0 Å². The molecule has 0 spiro atoms. The highest BCUT2D eigenvalue weighted by atomic mass is 16.6. The minimum absolute atomic E-state index is 0.187. The van der Waals surface area contributed by atoms with Gasteiger partial charge >= 0.3 is 17.7 Å². The molecule has 0 unspecified atom stereocenters. The molecule has 7 nitrogen and oxygen atoms in total. The van der Waals surface area contributed by atoms with Gasteiger partial charge in [-0.1, -0.05) is 57.5 Å². The molecule has 4 rings (SSSR count). The quantitative estimate of drug-likeness (QED) is 0.436. The van der Waals surface area contributed by atoms with Gasteiger partial charge in [0.15, 0.2) is 0 Å². The van der Waals surface area contributed by atoms with Gasteiger partial charge in [-0.2, -0.15) is 0 Å². The number of amides is 1. The second-order valence-electron chi connectivity index (χ2n) is 9.86. The van der Waals surface area contributed by atoms with Crippen molar-refractivity contribution in [3.05, 3.63) is 60.2 Å². The van der Waals surface area contributed by atoms with Gasteiger partial charge in [-0.05, 0) is 54.9 Å². The second-order valence-corrected chi connectivity index (χ2v) is 9.86. The highest BCUT2D eigenvalue weighted by molar-refractivity contribution is 6.11. The predicted molar refractivity (Wildman–Crippen MR) is 131 cm³/mol. The number of cyclic esters (lactones) is 1. The Bertz CT molecular complexity index is 1070. The van der Waals surface area contributed by atoms with Crippen molar-refractivity contribution in [2.24, 2.45) is 17.8 Å². The summed E-state index contributed by atoms with van der Waals surface area (Å²) in [6.45, 7) is 6.41. The summed E-state index contributed by atoms with van der Waals surface area (Å²) in [4.78, 5) is 41.4. The standard InChI is InChI=1S/C28H33NO6/c1-18(2)23-15-10-19(3)16-24(23)34-27(32)28(20-8-6-5-7-9-20)29(25(30)17-26(31)35-28)21-11-13-22(33-4)14-12-21/h5-9,11-14,18-19,23-24H,10,15-17H2,1-4H3/t19-,23+,24-,28-/m1/s1. The van der Waals surface area contributed by atoms with Crippen molar-refractivity contribution in [2.45, 2.75) is 58.3 Å². The molecule has 35 heavy (non-hydrogen) atoms. The first kappa shape index (κ1) is 24.8. The molecule has 186 valence electrons. The lowest BCUT2D eigenvalue weighted by molar-refractivity contribution is -0.198. The van der Waals surface area contributed by atoms with Crippen LogP contribution < -0.4 is 9.64 Å². The van der Waals surface area contributed by atoms with Crippen molar-refractivity contribution in [3.8, 4) is 5.75 Å². The maximum absolute atomic E-state index is 14.1. The molecular formula is C28H33NO6. The molecule has 0 aromatic heterocycles. The van der Waals surface area contributed by atoms with Crippen LogP contribution in [0.4, 0.5) is 5.69 Å². The molecule has 2 fully saturated rings. The summed E-state index contributed by atoms with van der Waals surface area (Å²) in [6, 6.07) is 15.3. The number of carbonyl (C=O) groups excluding carboxylic acids is 3. The fourth-order valence-electron chi connectivity index (χ4n) is 5.25. The molecule has 1 heterocycles. The van der Waals surface area contributed by atoms with Crippen LogP contribution >= 0.6 is 0 Å². The number of rotatable bonds is 6. The molecule has 2 aromatic rings. The summed E-state index contributed by atoms with van der Waals surface area (Å²) < 4.78 is 17.3. The van der Waals surface area contributed by atoms with Crippen molar-refractivity contribution in [2.75, 3.05) is 12.0 Å². The molecule has 1 aliphatic carbocycles. The van der Waals surface area contributed by atoms with Crippen LogP contribution in [0.25, 0.3) is 0 Å². The van der Waals surface area contributed by atoms with Crippen LogP contribution in [0.3, 0.4) is 0 Å². The molecule has 2 aromatic carbocycles. The minimum atomic E-state index is -2.07. The van der Waals surface area contributed by atoms with E-state index < -0.39 is 30.0 Å². The fraction of sp³-hybridized carbons (Fsp3) is 0.464. The van der Waals surface area contributed by atoms with Gasteiger partial charge in [0.2, 0.25) is 5.91 Å². The Balaban J connectivity index is 1.82. The number of hydrogen-bond donors (Lipinski definition) is 0. The zero-order chi connectivity index (χ0) is 25.2. The summed E-state index contributed by atoms with van der Waals surface area (Å²) in [7, 11) is 1.55. The topological polar surface area (TPSA) is 82.1 Å². The highest BCUT2D eigenvalue weighted by Gasteiger charge is 2.58. The third kappa shape index (κ3) is 4.77. The number of esters is 2. The number of anilines is 1. The zero-order valence-corrected chi connectivity index (χ0v) is 20.7. The normalized spacial score (nSPS) is 26.9. The first-order chi connectivity index (χ1) is 16.8. The van der Waals surface area contributed by atoms with Gasteiger partial charge in [-0.15, -0.1) is 0 Å². The van der Waals surface area contributed by atoms with Crippen LogP contribution in [0.5, 0.6) is 5.75 Å². The molecule has 4 atom stereocenters. The zero-order valence-electron chi connectivity index (χ0n) is 20.7. The average molecular weight is 480 g/mol. The van der Waals surface area contributed by atoms with Crippen LogP contribution in [0.15, 0.2) is 54.6 Å². The number of carbonyl (C=O) groups is 3. The van der Waals surface area contributed by atoms with Gasteiger partial charge < -0.3 is 14.2 Å². The average Bonchev–Trinajstić information content (AvgIpc) is 2.84. The molecular weight excluding hydrogens is 446 g/mol. The van der Waals surface area contributed by atoms with E-state index in [1.165, 1.54) is 4.90 Å². The van der Waals surface area contributed by atoms with Gasteiger partial charge in [-0.25, -0.2) is 4.79 Å². The van der Waals surface area contributed by atoms with Gasteiger partial charge in [0.1, 0.15) is 18.3 Å². The molecule has 1 amide bonds. The maximum Gasteiger partial charge on any atom is 0.378 e. The summed E-state index contributed by atoms with van der Waals surface area (Å²) in [5.74, 6) is -0.551. The first-order valence-electron chi connectivity index (χ1n) is 12.2.